The van der Waals surface area contributed by atoms with Crippen molar-refractivity contribution < 1.29 is 41.7 Å². The van der Waals surface area contributed by atoms with Gasteiger partial charge in [0.2, 0.25) is 5.60 Å². The molecule has 41 heavy (non-hydrogen) atoms. The number of ether oxygens (including phenoxy) is 2. The van der Waals surface area contributed by atoms with Gasteiger partial charge in [0, 0.05) is 28.3 Å². The Morgan fingerprint density at radius 3 is 2.59 bits per heavy atom. The van der Waals surface area contributed by atoms with Crippen LogP contribution in [0, 0.1) is 5.82 Å². The fraction of sp³-hybridized carbons (Fsp3) is 0.241. The molecular weight excluding hydrogens is 546 g/mol. The molecule has 0 radical (unpaired) electrons. The number of halogens is 4. The predicted molar refractivity (Wildman–Crippen MR) is 139 cm³/mol. The van der Waals surface area contributed by atoms with Gasteiger partial charge in [-0.2, -0.15) is 13.2 Å². The monoisotopic (exact) mass is 569 g/mol. The number of methoxy groups -OCH3 is 1. The number of carbonyl (C=O) groups is 2. The number of hydrogen-bond donors (Lipinski definition) is 2. The Kier molecular flexibility index (Phi) is 6.90. The number of alkyl halides is 3. The third kappa shape index (κ3) is 4.84. The van der Waals surface area contributed by atoms with Crippen LogP contribution < -0.4 is 14.8 Å². The summed E-state index contributed by atoms with van der Waals surface area (Å²) in [6.07, 6.45) is -3.25. The molecule has 0 aliphatic carbocycles. The van der Waals surface area contributed by atoms with Crippen molar-refractivity contribution >= 4 is 23.1 Å². The van der Waals surface area contributed by atoms with Crippen LogP contribution in [0.1, 0.15) is 28.5 Å². The number of aldehydes is 1. The topological polar surface area (TPSA) is 111 Å². The minimum Gasteiger partial charge on any atom is -0.494 e. The first-order valence-electron chi connectivity index (χ1n) is 12.3. The van der Waals surface area contributed by atoms with Crippen molar-refractivity contribution in [1.29, 1.82) is 0 Å². The van der Waals surface area contributed by atoms with Crippen molar-refractivity contribution in [3.05, 3.63) is 83.4 Å². The summed E-state index contributed by atoms with van der Waals surface area (Å²) >= 11 is 0. The molecule has 12 heteroatoms. The number of carbonyl (C=O) groups excluding carboxylic acids is 2. The van der Waals surface area contributed by atoms with E-state index in [4.69, 9.17) is 9.47 Å². The quantitative estimate of drug-likeness (QED) is 0.250. The Labute approximate surface area is 231 Å². The molecule has 1 aliphatic heterocycles. The number of rotatable bonds is 7. The molecule has 2 aromatic carbocycles. The molecule has 4 aromatic rings. The minimum atomic E-state index is -5.32. The van der Waals surface area contributed by atoms with Gasteiger partial charge in [0.1, 0.15) is 41.4 Å². The van der Waals surface area contributed by atoms with Crippen molar-refractivity contribution in [2.24, 2.45) is 0 Å². The lowest BCUT2D eigenvalue weighted by Gasteiger charge is -2.31. The van der Waals surface area contributed by atoms with Crippen molar-refractivity contribution in [3.8, 4) is 22.8 Å². The highest BCUT2D eigenvalue weighted by molar-refractivity contribution is 5.99. The van der Waals surface area contributed by atoms with Crippen LogP contribution in [0.3, 0.4) is 0 Å². The zero-order valence-corrected chi connectivity index (χ0v) is 21.8. The van der Waals surface area contributed by atoms with Crippen LogP contribution in [0.25, 0.3) is 22.2 Å². The lowest BCUT2D eigenvalue weighted by Crippen LogP contribution is -2.51. The van der Waals surface area contributed by atoms with Gasteiger partial charge in [-0.3, -0.25) is 9.78 Å². The van der Waals surface area contributed by atoms with Crippen LogP contribution in [0.4, 0.5) is 17.6 Å². The maximum atomic E-state index is 14.6. The summed E-state index contributed by atoms with van der Waals surface area (Å²) in [7, 11) is 1.36. The molecular formula is C29H23F4N3O5. The molecule has 2 atom stereocenters. The molecule has 0 unspecified atom stereocenters. The van der Waals surface area contributed by atoms with E-state index in [0.29, 0.717) is 17.2 Å². The summed E-state index contributed by atoms with van der Waals surface area (Å²) in [6, 6.07) is 11.8. The number of aliphatic hydroxyl groups is 1. The van der Waals surface area contributed by atoms with Crippen LogP contribution in [0.2, 0.25) is 0 Å². The highest BCUT2D eigenvalue weighted by Gasteiger charge is 2.57. The Hall–Kier alpha value is -4.58. The van der Waals surface area contributed by atoms with E-state index in [2.05, 4.69) is 15.3 Å². The van der Waals surface area contributed by atoms with Gasteiger partial charge < -0.3 is 24.7 Å². The van der Waals surface area contributed by atoms with Crippen molar-refractivity contribution in [2.75, 3.05) is 20.3 Å². The second kappa shape index (κ2) is 10.1. The average Bonchev–Trinajstić information content (AvgIpc) is 3.31. The van der Waals surface area contributed by atoms with E-state index >= 15 is 0 Å². The number of nitrogens with one attached hydrogen (secondary N) is 1. The van der Waals surface area contributed by atoms with Gasteiger partial charge in [-0.1, -0.05) is 6.07 Å². The summed E-state index contributed by atoms with van der Waals surface area (Å²) in [5, 5.41) is 13.8. The van der Waals surface area contributed by atoms with E-state index in [0.717, 1.165) is 18.2 Å². The Morgan fingerprint density at radius 2 is 1.93 bits per heavy atom. The molecule has 0 saturated carbocycles. The number of amides is 1. The first-order valence-corrected chi connectivity index (χ1v) is 12.3. The van der Waals surface area contributed by atoms with Crippen LogP contribution in [0.5, 0.6) is 11.5 Å². The fourth-order valence-electron chi connectivity index (χ4n) is 4.61. The van der Waals surface area contributed by atoms with Crippen LogP contribution >= 0.6 is 0 Å². The predicted octanol–water partition coefficient (Wildman–Crippen LogP) is 4.47. The number of pyridine rings is 2. The summed E-state index contributed by atoms with van der Waals surface area (Å²) in [5.74, 6) is -1.23. The third-order valence-electron chi connectivity index (χ3n) is 7.03. The molecule has 2 N–H and O–H groups in total. The number of nitrogens with zero attached hydrogens (tertiary/aromatic N) is 2. The van der Waals surface area contributed by atoms with Gasteiger partial charge in [-0.25, -0.2) is 9.37 Å². The fourth-order valence-corrected chi connectivity index (χ4v) is 4.61. The van der Waals surface area contributed by atoms with E-state index < -0.39 is 41.2 Å². The summed E-state index contributed by atoms with van der Waals surface area (Å²) in [5.41, 5.74) is -5.32. The van der Waals surface area contributed by atoms with E-state index in [1.807, 2.05) is 0 Å². The molecule has 1 aliphatic rings. The van der Waals surface area contributed by atoms with Crippen LogP contribution in [0.15, 0.2) is 60.8 Å². The first-order chi connectivity index (χ1) is 19.4. The molecule has 0 bridgehead atoms. The normalized spacial score (nSPS) is 17.8. The third-order valence-corrected chi connectivity index (χ3v) is 7.03. The highest BCUT2D eigenvalue weighted by Crippen LogP contribution is 2.47. The van der Waals surface area contributed by atoms with Gasteiger partial charge in [0.05, 0.1) is 24.8 Å². The summed E-state index contributed by atoms with van der Waals surface area (Å²) in [6.45, 7) is -0.0124. The standard InChI is InChI=1S/C29H23F4N3O5/c1-27(14-37)15-41-25-20(27)12-22(36-24(25)16-5-7-19(30)8-6-16)28(39,29(31,32)33)13-35-26(38)18-10-17-4-3-9-34-23(17)21(11-18)40-2/h3-12,14,39H,13,15H2,1-2H3,(H,35,38)/t27-,28-/m0/s1. The molecule has 3 heterocycles. The molecule has 0 saturated heterocycles. The molecule has 212 valence electrons. The summed E-state index contributed by atoms with van der Waals surface area (Å²) < 4.78 is 68.2. The zero-order chi connectivity index (χ0) is 29.6. The average molecular weight is 570 g/mol. The maximum absolute atomic E-state index is 14.6. The smallest absolute Gasteiger partial charge is 0.424 e. The van der Waals surface area contributed by atoms with E-state index in [1.165, 1.54) is 44.5 Å². The zero-order valence-electron chi connectivity index (χ0n) is 21.8. The van der Waals surface area contributed by atoms with Crippen molar-refractivity contribution in [3.63, 3.8) is 0 Å². The highest BCUT2D eigenvalue weighted by atomic mass is 19.4. The second-order valence-electron chi connectivity index (χ2n) is 9.86. The van der Waals surface area contributed by atoms with Gasteiger partial charge in [0.25, 0.3) is 5.91 Å². The first kappa shape index (κ1) is 28.0. The van der Waals surface area contributed by atoms with Crippen LogP contribution in [-0.4, -0.2) is 53.7 Å². The minimum absolute atomic E-state index is 0.0253. The molecule has 0 spiro atoms. The Bertz CT molecular complexity index is 1660. The Morgan fingerprint density at radius 1 is 1.20 bits per heavy atom. The number of fused-ring (bicyclic) bond motifs is 2. The number of benzene rings is 2. The lowest BCUT2D eigenvalue weighted by atomic mass is 9.83. The Balaban J connectivity index is 1.57. The number of hydrogen-bond acceptors (Lipinski definition) is 7. The molecule has 1 amide bonds. The maximum Gasteiger partial charge on any atom is 0.424 e. The van der Waals surface area contributed by atoms with Gasteiger partial charge in [0.15, 0.2) is 0 Å². The van der Waals surface area contributed by atoms with Gasteiger partial charge in [-0.05, 0) is 55.5 Å². The van der Waals surface area contributed by atoms with Crippen molar-refractivity contribution in [1.82, 2.24) is 15.3 Å². The summed E-state index contributed by atoms with van der Waals surface area (Å²) in [4.78, 5) is 33.3. The van der Waals surface area contributed by atoms with Crippen LogP contribution in [-0.2, 0) is 15.8 Å². The molecule has 0 fully saturated rings. The van der Waals surface area contributed by atoms with Gasteiger partial charge >= 0.3 is 6.18 Å². The van der Waals surface area contributed by atoms with E-state index in [9.17, 15) is 32.3 Å². The molecule has 8 nitrogen and oxygen atoms in total. The van der Waals surface area contributed by atoms with Crippen molar-refractivity contribution in [2.45, 2.75) is 24.1 Å². The molecule has 5 rings (SSSR count). The van der Waals surface area contributed by atoms with E-state index in [-0.39, 0.29) is 40.5 Å². The van der Waals surface area contributed by atoms with Gasteiger partial charge in [-0.15, -0.1) is 0 Å². The largest absolute Gasteiger partial charge is 0.494 e. The lowest BCUT2D eigenvalue weighted by molar-refractivity contribution is -0.265. The second-order valence-corrected chi connectivity index (χ2v) is 9.86. The molecule has 2 aromatic heterocycles. The SMILES string of the molecule is COc1cc(C(=O)NC[C@](O)(c2cc3c(c(-c4ccc(F)cc4)n2)OC[C@]3(C)C=O)C(F)(F)F)cc2cccnc12. The van der Waals surface area contributed by atoms with E-state index in [1.54, 1.807) is 12.1 Å². The number of aromatic nitrogens is 2.